The van der Waals surface area contributed by atoms with Gasteiger partial charge in [-0.15, -0.1) is 5.10 Å². The average molecular weight is 343 g/mol. The van der Waals surface area contributed by atoms with Crippen molar-refractivity contribution in [2.45, 2.75) is 31.4 Å². The van der Waals surface area contributed by atoms with Gasteiger partial charge in [0.15, 0.2) is 5.60 Å². The highest BCUT2D eigenvalue weighted by Gasteiger charge is 2.41. The van der Waals surface area contributed by atoms with Crippen LogP contribution in [0.1, 0.15) is 18.4 Å². The summed E-state index contributed by atoms with van der Waals surface area (Å²) in [4.78, 5) is 14.5. The molecule has 1 fully saturated rings. The Labute approximate surface area is 147 Å². The highest BCUT2D eigenvalue weighted by Crippen LogP contribution is 2.22. The van der Waals surface area contributed by atoms with Gasteiger partial charge in [0, 0.05) is 32.4 Å². The average Bonchev–Trinajstić information content (AvgIpc) is 3.15. The number of carbonyl (C=O) groups excluding carboxylic acids is 1. The molecule has 0 saturated carbocycles. The number of nitrogens with one attached hydrogen (secondary N) is 1. The molecule has 1 aromatic heterocycles. The summed E-state index contributed by atoms with van der Waals surface area (Å²) in [6.07, 6.45) is 5.55. The lowest BCUT2D eigenvalue weighted by Gasteiger charge is -2.38. The van der Waals surface area contributed by atoms with Gasteiger partial charge < -0.3 is 15.3 Å². The Morgan fingerprint density at radius 2 is 2.08 bits per heavy atom. The summed E-state index contributed by atoms with van der Waals surface area (Å²) in [6.45, 7) is 2.91. The van der Waals surface area contributed by atoms with Gasteiger partial charge in [0.25, 0.3) is 5.91 Å². The SMILES string of the molecule is O=C1N(CCc2ccccc2)CCC[C@@]1(O)CNCCn1ccnn1. The summed E-state index contributed by atoms with van der Waals surface area (Å²) in [5.74, 6) is -0.164. The van der Waals surface area contributed by atoms with Crippen molar-refractivity contribution < 1.29 is 9.90 Å². The molecule has 0 spiro atoms. The summed E-state index contributed by atoms with van der Waals surface area (Å²) >= 11 is 0. The van der Waals surface area contributed by atoms with Crippen molar-refractivity contribution >= 4 is 5.91 Å². The molecule has 1 amide bonds. The molecule has 7 nitrogen and oxygen atoms in total. The fourth-order valence-corrected chi connectivity index (χ4v) is 3.19. The number of carbonyl (C=O) groups is 1. The number of rotatable bonds is 8. The van der Waals surface area contributed by atoms with E-state index >= 15 is 0 Å². The van der Waals surface area contributed by atoms with Crippen LogP contribution in [0.2, 0.25) is 0 Å². The van der Waals surface area contributed by atoms with Crippen LogP contribution in [0.4, 0.5) is 0 Å². The molecule has 1 aromatic carbocycles. The second-order valence-electron chi connectivity index (χ2n) is 6.51. The Morgan fingerprint density at radius 1 is 1.24 bits per heavy atom. The van der Waals surface area contributed by atoms with Crippen molar-refractivity contribution in [1.29, 1.82) is 0 Å². The highest BCUT2D eigenvalue weighted by atomic mass is 16.3. The van der Waals surface area contributed by atoms with Crippen LogP contribution in [0, 0.1) is 0 Å². The van der Waals surface area contributed by atoms with Crippen molar-refractivity contribution in [2.24, 2.45) is 0 Å². The monoisotopic (exact) mass is 343 g/mol. The topological polar surface area (TPSA) is 83.3 Å². The smallest absolute Gasteiger partial charge is 0.255 e. The van der Waals surface area contributed by atoms with Crippen molar-refractivity contribution in [3.8, 4) is 0 Å². The molecule has 1 saturated heterocycles. The van der Waals surface area contributed by atoms with E-state index in [1.807, 2.05) is 18.2 Å². The van der Waals surface area contributed by atoms with E-state index in [0.29, 0.717) is 32.6 Å². The van der Waals surface area contributed by atoms with Crippen molar-refractivity contribution in [3.63, 3.8) is 0 Å². The largest absolute Gasteiger partial charge is 0.379 e. The Kier molecular flexibility index (Phi) is 5.78. The summed E-state index contributed by atoms with van der Waals surface area (Å²) < 4.78 is 1.71. The van der Waals surface area contributed by atoms with Crippen LogP contribution in [0.3, 0.4) is 0 Å². The van der Waals surface area contributed by atoms with Crippen LogP contribution >= 0.6 is 0 Å². The molecule has 2 heterocycles. The van der Waals surface area contributed by atoms with E-state index in [1.165, 1.54) is 5.56 Å². The zero-order chi connectivity index (χ0) is 17.5. The molecule has 0 aliphatic carbocycles. The first-order chi connectivity index (χ1) is 12.2. The molecule has 3 rings (SSSR count). The molecule has 2 N–H and O–H groups in total. The van der Waals surface area contributed by atoms with Gasteiger partial charge >= 0.3 is 0 Å². The van der Waals surface area contributed by atoms with Gasteiger partial charge in [0.2, 0.25) is 0 Å². The summed E-state index contributed by atoms with van der Waals surface area (Å²) in [7, 11) is 0. The quantitative estimate of drug-likeness (QED) is 0.681. The fourth-order valence-electron chi connectivity index (χ4n) is 3.19. The number of hydrogen-bond donors (Lipinski definition) is 2. The number of likely N-dealkylation sites (tertiary alicyclic amines) is 1. The standard InChI is InChI=1S/C18H25N5O2/c24-17-18(25,15-19-9-13-23-14-10-20-21-23)8-4-11-22(17)12-7-16-5-2-1-3-6-16/h1-3,5-6,10,14,19,25H,4,7-9,11-13,15H2/t18-/m1/s1. The van der Waals surface area contributed by atoms with E-state index in [9.17, 15) is 9.90 Å². The van der Waals surface area contributed by atoms with Gasteiger partial charge in [-0.2, -0.15) is 0 Å². The Morgan fingerprint density at radius 3 is 2.84 bits per heavy atom. The maximum Gasteiger partial charge on any atom is 0.255 e. The molecule has 134 valence electrons. The number of piperidine rings is 1. The first-order valence-corrected chi connectivity index (χ1v) is 8.78. The number of hydrogen-bond acceptors (Lipinski definition) is 5. The molecule has 1 aliphatic rings. The van der Waals surface area contributed by atoms with Crippen LogP contribution in [0.25, 0.3) is 0 Å². The maximum absolute atomic E-state index is 12.7. The minimum atomic E-state index is -1.31. The maximum atomic E-state index is 12.7. The summed E-state index contributed by atoms with van der Waals surface area (Å²) in [5, 5.41) is 21.6. The molecular weight excluding hydrogens is 318 g/mol. The lowest BCUT2D eigenvalue weighted by atomic mass is 9.91. The molecule has 2 aromatic rings. The van der Waals surface area contributed by atoms with Crippen LogP contribution < -0.4 is 5.32 Å². The van der Waals surface area contributed by atoms with Gasteiger partial charge in [0.05, 0.1) is 12.7 Å². The van der Waals surface area contributed by atoms with Crippen molar-refractivity contribution in [2.75, 3.05) is 26.2 Å². The predicted molar refractivity (Wildman–Crippen MR) is 93.8 cm³/mol. The second-order valence-corrected chi connectivity index (χ2v) is 6.51. The number of aromatic nitrogens is 3. The molecular formula is C18H25N5O2. The van der Waals surface area contributed by atoms with E-state index in [0.717, 1.165) is 12.8 Å². The van der Waals surface area contributed by atoms with Crippen molar-refractivity contribution in [1.82, 2.24) is 25.2 Å². The van der Waals surface area contributed by atoms with Gasteiger partial charge in [-0.25, -0.2) is 0 Å². The normalized spacial score (nSPS) is 20.8. The number of benzene rings is 1. The van der Waals surface area contributed by atoms with Gasteiger partial charge in [-0.05, 0) is 24.8 Å². The van der Waals surface area contributed by atoms with Gasteiger partial charge in [-0.1, -0.05) is 35.5 Å². The Hall–Kier alpha value is -2.25. The zero-order valence-electron chi connectivity index (χ0n) is 14.3. The van der Waals surface area contributed by atoms with Gasteiger partial charge in [-0.3, -0.25) is 9.48 Å². The van der Waals surface area contributed by atoms with Crippen LogP contribution in [-0.2, 0) is 17.8 Å². The molecule has 0 bridgehead atoms. The lowest BCUT2D eigenvalue weighted by Crippen LogP contribution is -2.58. The predicted octanol–water partition coefficient (Wildman–Crippen LogP) is 0.464. The molecule has 7 heteroatoms. The Balaban J connectivity index is 1.47. The molecule has 0 radical (unpaired) electrons. The third-order valence-electron chi connectivity index (χ3n) is 4.62. The highest BCUT2D eigenvalue weighted by molar-refractivity contribution is 5.86. The molecule has 1 atom stereocenters. The molecule has 0 unspecified atom stereocenters. The number of amides is 1. The van der Waals surface area contributed by atoms with Crippen molar-refractivity contribution in [3.05, 3.63) is 48.3 Å². The first-order valence-electron chi connectivity index (χ1n) is 8.78. The lowest BCUT2D eigenvalue weighted by molar-refractivity contribution is -0.156. The number of aliphatic hydroxyl groups is 1. The van der Waals surface area contributed by atoms with E-state index in [4.69, 9.17) is 0 Å². The third kappa shape index (κ3) is 4.64. The van der Waals surface area contributed by atoms with Crippen LogP contribution in [-0.4, -0.2) is 62.7 Å². The Bertz CT molecular complexity index is 661. The fraction of sp³-hybridized carbons (Fsp3) is 0.500. The zero-order valence-corrected chi connectivity index (χ0v) is 14.3. The third-order valence-corrected chi connectivity index (χ3v) is 4.62. The minimum absolute atomic E-state index is 0.164. The van der Waals surface area contributed by atoms with Crippen LogP contribution in [0.5, 0.6) is 0 Å². The summed E-state index contributed by atoms with van der Waals surface area (Å²) in [5.41, 5.74) is -0.104. The van der Waals surface area contributed by atoms with E-state index in [2.05, 4.69) is 27.8 Å². The second kappa shape index (κ2) is 8.22. The van der Waals surface area contributed by atoms with E-state index in [1.54, 1.807) is 22.0 Å². The summed E-state index contributed by atoms with van der Waals surface area (Å²) in [6, 6.07) is 10.1. The van der Waals surface area contributed by atoms with Gasteiger partial charge in [0.1, 0.15) is 0 Å². The van der Waals surface area contributed by atoms with E-state index < -0.39 is 5.60 Å². The molecule has 1 aliphatic heterocycles. The number of nitrogens with zero attached hydrogens (tertiary/aromatic N) is 4. The minimum Gasteiger partial charge on any atom is -0.379 e. The molecule has 25 heavy (non-hydrogen) atoms. The van der Waals surface area contributed by atoms with E-state index in [-0.39, 0.29) is 12.5 Å². The van der Waals surface area contributed by atoms with Crippen LogP contribution in [0.15, 0.2) is 42.7 Å². The first kappa shape index (κ1) is 17.6.